The molecule has 0 atom stereocenters. The summed E-state index contributed by atoms with van der Waals surface area (Å²) in [7, 11) is 0. The monoisotopic (exact) mass is 713 g/mol. The van der Waals surface area contributed by atoms with Gasteiger partial charge in [-0.2, -0.15) is 5.10 Å². The van der Waals surface area contributed by atoms with Crippen molar-refractivity contribution >= 4 is 87.7 Å². The number of hydrazone groups is 1. The first-order valence-corrected chi connectivity index (χ1v) is 12.7. The van der Waals surface area contributed by atoms with Crippen molar-refractivity contribution in [2.75, 3.05) is 6.54 Å². The predicted octanol–water partition coefficient (Wildman–Crippen LogP) is 5.84. The van der Waals surface area contributed by atoms with E-state index in [1.807, 2.05) is 0 Å². The van der Waals surface area contributed by atoms with Crippen LogP contribution in [0.25, 0.3) is 0 Å². The van der Waals surface area contributed by atoms with Gasteiger partial charge in [-0.1, -0.05) is 40.2 Å². The third-order valence-corrected chi connectivity index (χ3v) is 6.68. The molecule has 11 heteroatoms. The molecule has 0 aromatic heterocycles. The number of hydrogen-bond donors (Lipinski definition) is 2. The van der Waals surface area contributed by atoms with Gasteiger partial charge >= 0.3 is 5.97 Å². The van der Waals surface area contributed by atoms with Crippen LogP contribution in [0.15, 0.2) is 83.7 Å². The molecule has 0 unspecified atom stereocenters. The third kappa shape index (κ3) is 7.08. The highest BCUT2D eigenvalue weighted by Gasteiger charge is 2.17. The molecule has 0 spiro atoms. The molecular weight excluding hydrogens is 702 g/mol. The second-order valence-electron chi connectivity index (χ2n) is 6.63. The number of benzene rings is 3. The first kappa shape index (κ1) is 26.3. The maximum absolute atomic E-state index is 12.7. The van der Waals surface area contributed by atoms with Gasteiger partial charge in [0.25, 0.3) is 11.8 Å². The van der Waals surface area contributed by atoms with Crippen LogP contribution >= 0.6 is 63.7 Å². The smallest absolute Gasteiger partial charge is 0.344 e. The summed E-state index contributed by atoms with van der Waals surface area (Å²) >= 11 is 13.4. The summed E-state index contributed by atoms with van der Waals surface area (Å²) in [5.41, 5.74) is 3.54. The lowest BCUT2D eigenvalue weighted by molar-refractivity contribution is -0.120. The minimum atomic E-state index is -0.566. The number of amides is 2. The van der Waals surface area contributed by atoms with Crippen LogP contribution in [0.2, 0.25) is 0 Å². The highest BCUT2D eigenvalue weighted by atomic mass is 79.9. The Morgan fingerprint density at radius 3 is 2.12 bits per heavy atom. The topological polar surface area (TPSA) is 96.9 Å². The van der Waals surface area contributed by atoms with Crippen molar-refractivity contribution in [3.63, 3.8) is 0 Å². The van der Waals surface area contributed by atoms with Crippen LogP contribution < -0.4 is 15.5 Å². The van der Waals surface area contributed by atoms with Crippen molar-refractivity contribution in [1.29, 1.82) is 0 Å². The van der Waals surface area contributed by atoms with Gasteiger partial charge in [0.1, 0.15) is 0 Å². The Morgan fingerprint density at radius 2 is 1.47 bits per heavy atom. The van der Waals surface area contributed by atoms with E-state index in [4.69, 9.17) is 4.74 Å². The summed E-state index contributed by atoms with van der Waals surface area (Å²) in [6.45, 7) is -0.274. The van der Waals surface area contributed by atoms with E-state index in [0.29, 0.717) is 34.6 Å². The van der Waals surface area contributed by atoms with Gasteiger partial charge in [0, 0.05) is 19.0 Å². The Bertz CT molecular complexity index is 1280. The van der Waals surface area contributed by atoms with Crippen molar-refractivity contribution in [2.24, 2.45) is 5.10 Å². The lowest BCUT2D eigenvalue weighted by Crippen LogP contribution is -2.35. The van der Waals surface area contributed by atoms with Gasteiger partial charge in [-0.3, -0.25) is 9.59 Å². The molecule has 34 heavy (non-hydrogen) atoms. The van der Waals surface area contributed by atoms with E-state index in [2.05, 4.69) is 79.6 Å². The van der Waals surface area contributed by atoms with E-state index in [1.54, 1.807) is 60.7 Å². The van der Waals surface area contributed by atoms with E-state index in [-0.39, 0.29) is 12.3 Å². The first-order valence-electron chi connectivity index (χ1n) is 9.56. The minimum Gasteiger partial charge on any atom is -0.421 e. The van der Waals surface area contributed by atoms with Gasteiger partial charge < -0.3 is 10.1 Å². The number of carbonyl (C=O) groups is 3. The van der Waals surface area contributed by atoms with Crippen molar-refractivity contribution in [3.05, 3.63) is 95.2 Å². The number of nitrogens with zero attached hydrogens (tertiary/aromatic N) is 1. The third-order valence-electron chi connectivity index (χ3n) is 4.25. The highest BCUT2D eigenvalue weighted by molar-refractivity contribution is 9.11. The zero-order valence-electron chi connectivity index (χ0n) is 17.2. The molecule has 3 aromatic carbocycles. The summed E-state index contributed by atoms with van der Waals surface area (Å²) < 4.78 is 8.02. The molecule has 0 saturated carbocycles. The van der Waals surface area contributed by atoms with Gasteiger partial charge in [0.15, 0.2) is 5.75 Å². The molecule has 2 N–H and O–H groups in total. The maximum atomic E-state index is 12.7. The van der Waals surface area contributed by atoms with Crippen molar-refractivity contribution in [2.45, 2.75) is 0 Å². The van der Waals surface area contributed by atoms with Crippen LogP contribution in [0.1, 0.15) is 26.3 Å². The average molecular weight is 717 g/mol. The zero-order valence-corrected chi connectivity index (χ0v) is 23.5. The van der Waals surface area contributed by atoms with Crippen LogP contribution in [-0.2, 0) is 4.79 Å². The van der Waals surface area contributed by atoms with Gasteiger partial charge in [0.2, 0.25) is 0 Å². The van der Waals surface area contributed by atoms with Gasteiger partial charge in [-0.05, 0) is 84.2 Å². The summed E-state index contributed by atoms with van der Waals surface area (Å²) in [4.78, 5) is 37.0. The fourth-order valence-corrected chi connectivity index (χ4v) is 4.92. The molecule has 0 radical (unpaired) electrons. The Morgan fingerprint density at radius 1 is 0.853 bits per heavy atom. The minimum absolute atomic E-state index is 0.226. The van der Waals surface area contributed by atoms with E-state index in [0.717, 1.165) is 0 Å². The van der Waals surface area contributed by atoms with Crippen LogP contribution in [0.5, 0.6) is 5.75 Å². The van der Waals surface area contributed by atoms with E-state index in [1.165, 1.54) is 6.21 Å². The van der Waals surface area contributed by atoms with E-state index >= 15 is 0 Å². The molecule has 0 saturated heterocycles. The summed E-state index contributed by atoms with van der Waals surface area (Å²) in [5.74, 6) is -1.27. The number of rotatable bonds is 7. The van der Waals surface area contributed by atoms with Crippen molar-refractivity contribution in [3.8, 4) is 5.75 Å². The maximum Gasteiger partial charge on any atom is 0.344 e. The molecule has 2 amide bonds. The Balaban J connectivity index is 1.66. The molecule has 0 fully saturated rings. The number of nitrogens with one attached hydrogen (secondary N) is 2. The highest BCUT2D eigenvalue weighted by Crippen LogP contribution is 2.33. The van der Waals surface area contributed by atoms with Crippen molar-refractivity contribution < 1.29 is 19.1 Å². The molecule has 0 aliphatic rings. The lowest BCUT2D eigenvalue weighted by atomic mass is 10.2. The second-order valence-corrected chi connectivity index (χ2v) is 10.1. The Kier molecular flexibility index (Phi) is 9.57. The first-order chi connectivity index (χ1) is 16.3. The molecule has 7 nitrogen and oxygen atoms in total. The van der Waals surface area contributed by atoms with Crippen LogP contribution in [0, 0.1) is 0 Å². The van der Waals surface area contributed by atoms with E-state index < -0.39 is 17.8 Å². The number of halogens is 4. The summed E-state index contributed by atoms with van der Waals surface area (Å²) in [5, 5.41) is 6.45. The molecule has 0 aliphatic heterocycles. The van der Waals surface area contributed by atoms with Gasteiger partial charge in [-0.15, -0.1) is 0 Å². The number of hydrogen-bond acceptors (Lipinski definition) is 5. The fourth-order valence-electron chi connectivity index (χ4n) is 2.67. The van der Waals surface area contributed by atoms with Gasteiger partial charge in [-0.25, -0.2) is 10.2 Å². The molecule has 0 aliphatic carbocycles. The quantitative estimate of drug-likeness (QED) is 0.139. The summed E-state index contributed by atoms with van der Waals surface area (Å²) in [6, 6.07) is 17.2. The molecule has 3 rings (SSSR count). The number of carbonyl (C=O) groups excluding carboxylic acids is 3. The Labute approximate surface area is 228 Å². The molecule has 0 heterocycles. The Hall–Kier alpha value is -2.34. The number of esters is 1. The molecular formula is C23H15Br4N3O4. The standard InChI is InChI=1S/C23H15Br4N3O4/c24-14-9-13(21(19(27)10-14)34-23(33)16-6-2-4-8-18(16)26)11-29-30-20(31)12-28-22(32)15-5-1-3-7-17(15)25/h1-11H,12H2,(H,28,32)(H,30,31)/b29-11-. The van der Waals surface area contributed by atoms with Crippen LogP contribution in [0.3, 0.4) is 0 Å². The average Bonchev–Trinajstić information content (AvgIpc) is 2.80. The molecule has 3 aromatic rings. The van der Waals surface area contributed by atoms with E-state index in [9.17, 15) is 14.4 Å². The lowest BCUT2D eigenvalue weighted by Gasteiger charge is -2.11. The molecule has 174 valence electrons. The predicted molar refractivity (Wildman–Crippen MR) is 143 cm³/mol. The largest absolute Gasteiger partial charge is 0.421 e. The van der Waals surface area contributed by atoms with Crippen molar-refractivity contribution in [1.82, 2.24) is 10.7 Å². The number of ether oxygens (including phenoxy) is 1. The normalized spacial score (nSPS) is 10.7. The zero-order chi connectivity index (χ0) is 24.7. The van der Waals surface area contributed by atoms with Crippen LogP contribution in [0.4, 0.5) is 0 Å². The summed E-state index contributed by atoms with van der Waals surface area (Å²) in [6.07, 6.45) is 1.34. The van der Waals surface area contributed by atoms with Gasteiger partial charge in [0.05, 0.1) is 28.4 Å². The van der Waals surface area contributed by atoms with Crippen LogP contribution in [-0.4, -0.2) is 30.5 Å². The fraction of sp³-hybridized carbons (Fsp3) is 0.0435. The second kappa shape index (κ2) is 12.4. The molecule has 0 bridgehead atoms. The SMILES string of the molecule is O=C(CNC(=O)c1ccccc1Br)N/N=C\c1cc(Br)cc(Br)c1OC(=O)c1ccccc1Br.